The third kappa shape index (κ3) is 5.62. The minimum Gasteiger partial charge on any atom is -0.357 e. The highest BCUT2D eigenvalue weighted by Crippen LogP contribution is 2.18. The fraction of sp³-hybridized carbons (Fsp3) is 0.500. The molecule has 0 aliphatic carbocycles. The van der Waals surface area contributed by atoms with Gasteiger partial charge in [0.15, 0.2) is 5.96 Å². The number of nitrogens with one attached hydrogen (secondary N) is 1. The van der Waals surface area contributed by atoms with Crippen LogP contribution in [0.4, 0.5) is 0 Å². The Hall–Kier alpha value is -2.30. The largest absolute Gasteiger partial charge is 0.357 e. The van der Waals surface area contributed by atoms with Gasteiger partial charge in [-0.2, -0.15) is 0 Å². The van der Waals surface area contributed by atoms with Gasteiger partial charge in [0.25, 0.3) is 0 Å². The Morgan fingerprint density at radius 2 is 2.16 bits per heavy atom. The number of guanidine groups is 1. The van der Waals surface area contributed by atoms with Crippen molar-refractivity contribution in [2.24, 2.45) is 4.99 Å². The molecule has 0 aromatic heterocycles. The summed E-state index contributed by atoms with van der Waals surface area (Å²) in [4.78, 5) is 21.1. The molecule has 1 aromatic carbocycles. The first-order chi connectivity index (χ1) is 12.2. The molecule has 1 heterocycles. The van der Waals surface area contributed by atoms with Gasteiger partial charge in [-0.1, -0.05) is 30.3 Å². The van der Waals surface area contributed by atoms with E-state index in [1.54, 1.807) is 0 Å². The molecule has 1 aliphatic heterocycles. The predicted octanol–water partition coefficient (Wildman–Crippen LogP) is 2.43. The van der Waals surface area contributed by atoms with E-state index in [4.69, 9.17) is 0 Å². The Balaban J connectivity index is 1.93. The lowest BCUT2D eigenvalue weighted by Crippen LogP contribution is -2.41. The van der Waals surface area contributed by atoms with E-state index in [1.165, 1.54) is 11.1 Å². The molecule has 25 heavy (non-hydrogen) atoms. The van der Waals surface area contributed by atoms with Gasteiger partial charge in [0.05, 0.1) is 0 Å². The smallest absolute Gasteiger partial charge is 0.244 e. The Morgan fingerprint density at radius 3 is 2.88 bits per heavy atom. The number of rotatable bonds is 7. The molecule has 0 bridgehead atoms. The van der Waals surface area contributed by atoms with E-state index in [0.29, 0.717) is 6.54 Å². The highest BCUT2D eigenvalue weighted by atomic mass is 16.2. The van der Waals surface area contributed by atoms with Crippen LogP contribution in [0.5, 0.6) is 0 Å². The number of hydrogen-bond donors (Lipinski definition) is 1. The summed E-state index contributed by atoms with van der Waals surface area (Å²) < 4.78 is 0. The molecule has 0 saturated carbocycles. The van der Waals surface area contributed by atoms with E-state index in [1.807, 2.05) is 31.0 Å². The fourth-order valence-corrected chi connectivity index (χ4v) is 3.00. The van der Waals surface area contributed by atoms with Crippen molar-refractivity contribution in [2.45, 2.75) is 32.7 Å². The van der Waals surface area contributed by atoms with Crippen molar-refractivity contribution in [1.29, 1.82) is 0 Å². The summed E-state index contributed by atoms with van der Waals surface area (Å²) in [6, 6.07) is 8.35. The zero-order chi connectivity index (χ0) is 18.1. The molecule has 5 heteroatoms. The summed E-state index contributed by atoms with van der Waals surface area (Å²) in [7, 11) is 2.01. The Morgan fingerprint density at radius 1 is 1.40 bits per heavy atom. The number of amides is 1. The van der Waals surface area contributed by atoms with Crippen LogP contribution in [0.25, 0.3) is 0 Å². The van der Waals surface area contributed by atoms with Crippen molar-refractivity contribution in [1.82, 2.24) is 15.1 Å². The van der Waals surface area contributed by atoms with Crippen LogP contribution in [0.15, 0.2) is 41.9 Å². The Bertz CT molecular complexity index is 611. The van der Waals surface area contributed by atoms with Crippen molar-refractivity contribution in [3.63, 3.8) is 0 Å². The maximum absolute atomic E-state index is 12.6. The quantitative estimate of drug-likeness (QED) is 0.358. The van der Waals surface area contributed by atoms with Crippen molar-refractivity contribution in [3.8, 4) is 0 Å². The van der Waals surface area contributed by atoms with E-state index in [0.717, 1.165) is 44.9 Å². The maximum Gasteiger partial charge on any atom is 0.244 e. The fourth-order valence-electron chi connectivity index (χ4n) is 3.00. The lowest BCUT2D eigenvalue weighted by Gasteiger charge is -2.28. The van der Waals surface area contributed by atoms with Crippen molar-refractivity contribution >= 4 is 11.9 Å². The summed E-state index contributed by atoms with van der Waals surface area (Å²) in [6.07, 6.45) is 4.86. The minimum absolute atomic E-state index is 0.0874. The van der Waals surface area contributed by atoms with Gasteiger partial charge in [0.2, 0.25) is 5.91 Å². The zero-order valence-electron chi connectivity index (χ0n) is 15.5. The van der Waals surface area contributed by atoms with Crippen molar-refractivity contribution in [2.75, 3.05) is 33.2 Å². The maximum atomic E-state index is 12.6. The SMILES string of the molecule is C=CCCCN(C)C(=NCC(=O)N1CCc2ccccc2C1)NCC. The monoisotopic (exact) mass is 342 g/mol. The van der Waals surface area contributed by atoms with Gasteiger partial charge in [-0.15, -0.1) is 6.58 Å². The molecule has 1 amide bonds. The molecule has 0 spiro atoms. The molecule has 1 N–H and O–H groups in total. The van der Waals surface area contributed by atoms with Crippen LogP contribution in [-0.2, 0) is 17.8 Å². The lowest BCUT2D eigenvalue weighted by molar-refractivity contribution is -0.130. The van der Waals surface area contributed by atoms with Gasteiger partial charge in [0, 0.05) is 33.2 Å². The van der Waals surface area contributed by atoms with Crippen LogP contribution in [0.1, 0.15) is 30.9 Å². The average Bonchev–Trinajstić information content (AvgIpc) is 2.64. The number of unbranched alkanes of at least 4 members (excludes halogenated alkanes) is 1. The van der Waals surface area contributed by atoms with E-state index >= 15 is 0 Å². The van der Waals surface area contributed by atoms with Crippen molar-refractivity contribution < 1.29 is 4.79 Å². The first kappa shape index (κ1) is 19.0. The predicted molar refractivity (Wildman–Crippen MR) is 104 cm³/mol. The first-order valence-electron chi connectivity index (χ1n) is 9.10. The highest BCUT2D eigenvalue weighted by Gasteiger charge is 2.20. The Labute approximate surface area is 151 Å². The van der Waals surface area contributed by atoms with Gasteiger partial charge in [-0.3, -0.25) is 4.79 Å². The van der Waals surface area contributed by atoms with E-state index < -0.39 is 0 Å². The molecule has 5 nitrogen and oxygen atoms in total. The molecule has 0 saturated heterocycles. The number of hydrogen-bond acceptors (Lipinski definition) is 2. The molecular formula is C20H30N4O. The summed E-state index contributed by atoms with van der Waals surface area (Å²) in [6.45, 7) is 9.13. The molecule has 1 aliphatic rings. The van der Waals surface area contributed by atoms with Gasteiger partial charge in [0.1, 0.15) is 6.54 Å². The zero-order valence-corrected chi connectivity index (χ0v) is 15.5. The van der Waals surface area contributed by atoms with Crippen molar-refractivity contribution in [3.05, 3.63) is 48.0 Å². The van der Waals surface area contributed by atoms with Crippen LogP contribution < -0.4 is 5.32 Å². The highest BCUT2D eigenvalue weighted by molar-refractivity contribution is 5.85. The van der Waals surface area contributed by atoms with Gasteiger partial charge in [-0.25, -0.2) is 4.99 Å². The topological polar surface area (TPSA) is 47.9 Å². The molecule has 0 radical (unpaired) electrons. The summed E-state index contributed by atoms with van der Waals surface area (Å²) in [5.41, 5.74) is 2.60. The molecule has 1 aromatic rings. The third-order valence-electron chi connectivity index (χ3n) is 4.45. The number of carbonyl (C=O) groups excluding carboxylic acids is 1. The number of fused-ring (bicyclic) bond motifs is 1. The number of aliphatic imine (C=N–C) groups is 1. The molecule has 0 atom stereocenters. The number of carbonyl (C=O) groups is 1. The van der Waals surface area contributed by atoms with Crippen LogP contribution in [-0.4, -0.2) is 54.9 Å². The van der Waals surface area contributed by atoms with Crippen LogP contribution >= 0.6 is 0 Å². The summed E-state index contributed by atoms with van der Waals surface area (Å²) in [5, 5.41) is 3.26. The number of benzene rings is 1. The van der Waals surface area contributed by atoms with Crippen LogP contribution in [0.3, 0.4) is 0 Å². The Kier molecular flexibility index (Phi) is 7.51. The second kappa shape index (κ2) is 9.87. The normalized spacial score (nSPS) is 14.0. The van der Waals surface area contributed by atoms with Crippen LogP contribution in [0.2, 0.25) is 0 Å². The molecule has 0 unspecified atom stereocenters. The van der Waals surface area contributed by atoms with E-state index in [9.17, 15) is 4.79 Å². The molecule has 0 fully saturated rings. The average molecular weight is 342 g/mol. The number of allylic oxidation sites excluding steroid dienone is 1. The lowest BCUT2D eigenvalue weighted by atomic mass is 10.00. The minimum atomic E-state index is 0.0874. The van der Waals surface area contributed by atoms with Gasteiger partial charge >= 0.3 is 0 Å². The second-order valence-corrected chi connectivity index (χ2v) is 6.36. The van der Waals surface area contributed by atoms with Crippen LogP contribution in [0, 0.1) is 0 Å². The number of nitrogens with zero attached hydrogens (tertiary/aromatic N) is 3. The molecule has 2 rings (SSSR count). The first-order valence-corrected chi connectivity index (χ1v) is 9.10. The van der Waals surface area contributed by atoms with Gasteiger partial charge in [-0.05, 0) is 37.3 Å². The van der Waals surface area contributed by atoms with Gasteiger partial charge < -0.3 is 15.1 Å². The molecular weight excluding hydrogens is 312 g/mol. The van der Waals surface area contributed by atoms with E-state index in [2.05, 4.69) is 40.0 Å². The summed E-state index contributed by atoms with van der Waals surface area (Å²) in [5.74, 6) is 0.877. The summed E-state index contributed by atoms with van der Waals surface area (Å²) >= 11 is 0. The standard InChI is InChI=1S/C20H30N4O/c1-4-6-9-13-23(3)20(21-5-2)22-15-19(25)24-14-12-17-10-7-8-11-18(17)16-24/h4,7-8,10-11H,1,5-6,9,12-16H2,2-3H3,(H,21,22). The second-order valence-electron chi connectivity index (χ2n) is 6.36. The third-order valence-corrected chi connectivity index (χ3v) is 4.45. The molecule has 136 valence electrons. The van der Waals surface area contributed by atoms with E-state index in [-0.39, 0.29) is 12.5 Å².